The summed E-state index contributed by atoms with van der Waals surface area (Å²) in [5.74, 6) is -0.811. The Labute approximate surface area is 201 Å². The van der Waals surface area contributed by atoms with Gasteiger partial charge in [-0.2, -0.15) is 4.31 Å². The minimum absolute atomic E-state index is 0.0440. The summed E-state index contributed by atoms with van der Waals surface area (Å²) in [5, 5.41) is -0.420. The van der Waals surface area contributed by atoms with E-state index in [1.54, 1.807) is 36.5 Å². The Bertz CT molecular complexity index is 1410. The molecule has 0 bridgehead atoms. The van der Waals surface area contributed by atoms with Crippen LogP contribution in [-0.2, 0) is 19.9 Å². The molecule has 7 nitrogen and oxygen atoms in total. The van der Waals surface area contributed by atoms with Crippen molar-refractivity contribution in [1.29, 1.82) is 0 Å². The highest BCUT2D eigenvalue weighted by Crippen LogP contribution is 2.22. The van der Waals surface area contributed by atoms with Crippen molar-refractivity contribution < 1.29 is 21.6 Å². The van der Waals surface area contributed by atoms with Gasteiger partial charge in [0, 0.05) is 31.1 Å². The molecular formula is C25H28N2O5S2. The number of hydrogen-bond donors (Lipinski definition) is 0. The smallest absolute Gasteiger partial charge is 0.243 e. The SMILES string of the molecule is C=CCN(CC(CC(=O)n1ccc2ccccc21)S(=O)(=O)CC=C)S(=O)(=O)c1ccc(C)cc1. The highest BCUT2D eigenvalue weighted by atomic mass is 32.2. The Balaban J connectivity index is 1.97. The first-order valence-corrected chi connectivity index (χ1v) is 13.8. The average Bonchev–Trinajstić information content (AvgIpc) is 3.22. The monoisotopic (exact) mass is 500 g/mol. The maximum atomic E-state index is 13.3. The number of carbonyl (C=O) groups excluding carboxylic acids is 1. The van der Waals surface area contributed by atoms with E-state index in [-0.39, 0.29) is 30.2 Å². The molecule has 34 heavy (non-hydrogen) atoms. The zero-order valence-electron chi connectivity index (χ0n) is 19.0. The molecule has 1 unspecified atom stereocenters. The first-order chi connectivity index (χ1) is 16.1. The molecule has 0 radical (unpaired) electrons. The summed E-state index contributed by atoms with van der Waals surface area (Å²) in [6.07, 6.45) is 3.84. The Morgan fingerprint density at radius 1 is 1.00 bits per heavy atom. The molecule has 0 spiro atoms. The molecule has 0 N–H and O–H groups in total. The zero-order valence-corrected chi connectivity index (χ0v) is 20.6. The third-order valence-electron chi connectivity index (χ3n) is 5.53. The number of sulfonamides is 1. The van der Waals surface area contributed by atoms with Crippen LogP contribution in [0.15, 0.2) is 91.0 Å². The van der Waals surface area contributed by atoms with E-state index in [1.807, 2.05) is 19.1 Å². The summed E-state index contributed by atoms with van der Waals surface area (Å²) in [4.78, 5) is 13.2. The number of rotatable bonds is 11. The lowest BCUT2D eigenvalue weighted by atomic mass is 10.2. The molecule has 0 amide bonds. The number of fused-ring (bicyclic) bond motifs is 1. The van der Waals surface area contributed by atoms with Gasteiger partial charge in [-0.05, 0) is 31.2 Å². The maximum absolute atomic E-state index is 13.3. The van der Waals surface area contributed by atoms with Gasteiger partial charge in [0.2, 0.25) is 15.9 Å². The van der Waals surface area contributed by atoms with Crippen LogP contribution in [-0.4, -0.2) is 55.7 Å². The number of aromatic nitrogens is 1. The van der Waals surface area contributed by atoms with Gasteiger partial charge in [0.1, 0.15) is 0 Å². The lowest BCUT2D eigenvalue weighted by molar-refractivity contribution is 0.0904. The molecule has 1 atom stereocenters. The summed E-state index contributed by atoms with van der Waals surface area (Å²) in [5.41, 5.74) is 1.55. The van der Waals surface area contributed by atoms with Crippen molar-refractivity contribution in [2.75, 3.05) is 18.8 Å². The first kappa shape index (κ1) is 25.6. The lowest BCUT2D eigenvalue weighted by Crippen LogP contribution is -2.42. The van der Waals surface area contributed by atoms with Crippen molar-refractivity contribution in [3.05, 3.63) is 91.7 Å². The van der Waals surface area contributed by atoms with E-state index < -0.39 is 31.0 Å². The van der Waals surface area contributed by atoms with Gasteiger partial charge in [-0.3, -0.25) is 9.36 Å². The minimum atomic E-state index is -4.02. The van der Waals surface area contributed by atoms with Gasteiger partial charge in [0.05, 0.1) is 21.4 Å². The molecule has 0 aliphatic carbocycles. The third kappa shape index (κ3) is 5.55. The summed E-state index contributed by atoms with van der Waals surface area (Å²) >= 11 is 0. The fourth-order valence-corrected chi connectivity index (χ4v) is 6.65. The number of para-hydroxylation sites is 1. The molecule has 2 aromatic carbocycles. The first-order valence-electron chi connectivity index (χ1n) is 10.7. The number of hydrogen-bond acceptors (Lipinski definition) is 5. The quantitative estimate of drug-likeness (QED) is 0.373. The molecule has 0 aliphatic heterocycles. The molecule has 0 aliphatic rings. The van der Waals surface area contributed by atoms with Crippen LogP contribution in [0.25, 0.3) is 10.9 Å². The number of benzene rings is 2. The predicted octanol–water partition coefficient (Wildman–Crippen LogP) is 3.83. The summed E-state index contributed by atoms with van der Waals surface area (Å²) in [6.45, 7) is 8.48. The van der Waals surface area contributed by atoms with Crippen molar-refractivity contribution in [2.45, 2.75) is 23.5 Å². The second-order valence-electron chi connectivity index (χ2n) is 8.01. The topological polar surface area (TPSA) is 93.5 Å². The highest BCUT2D eigenvalue weighted by molar-refractivity contribution is 7.92. The van der Waals surface area contributed by atoms with Crippen molar-refractivity contribution in [3.8, 4) is 0 Å². The second-order valence-corrected chi connectivity index (χ2v) is 12.3. The van der Waals surface area contributed by atoms with Gasteiger partial charge in [-0.15, -0.1) is 13.2 Å². The lowest BCUT2D eigenvalue weighted by Gasteiger charge is -2.26. The van der Waals surface area contributed by atoms with Crippen molar-refractivity contribution in [3.63, 3.8) is 0 Å². The van der Waals surface area contributed by atoms with Crippen LogP contribution in [0.4, 0.5) is 0 Å². The van der Waals surface area contributed by atoms with Gasteiger partial charge < -0.3 is 0 Å². The maximum Gasteiger partial charge on any atom is 0.243 e. The molecule has 1 heterocycles. The van der Waals surface area contributed by atoms with Gasteiger partial charge in [0.25, 0.3) is 0 Å². The Morgan fingerprint density at radius 2 is 1.68 bits per heavy atom. The van der Waals surface area contributed by atoms with E-state index in [4.69, 9.17) is 0 Å². The van der Waals surface area contributed by atoms with Crippen molar-refractivity contribution >= 4 is 36.7 Å². The number of nitrogens with zero attached hydrogens (tertiary/aromatic N) is 2. The van der Waals surface area contributed by atoms with Crippen LogP contribution < -0.4 is 0 Å². The van der Waals surface area contributed by atoms with E-state index in [0.717, 1.165) is 15.3 Å². The Morgan fingerprint density at radius 3 is 2.32 bits per heavy atom. The number of sulfone groups is 1. The molecule has 180 valence electrons. The van der Waals surface area contributed by atoms with Gasteiger partial charge >= 0.3 is 0 Å². The largest absolute Gasteiger partial charge is 0.287 e. The van der Waals surface area contributed by atoms with Gasteiger partial charge in [-0.1, -0.05) is 48.0 Å². The zero-order chi connectivity index (χ0) is 24.9. The summed E-state index contributed by atoms with van der Waals surface area (Å²) in [6, 6.07) is 15.3. The van der Waals surface area contributed by atoms with E-state index in [9.17, 15) is 21.6 Å². The average molecular weight is 501 g/mol. The van der Waals surface area contributed by atoms with Crippen LogP contribution in [0.5, 0.6) is 0 Å². The Hall–Kier alpha value is -3.01. The van der Waals surface area contributed by atoms with Crippen LogP contribution in [0.1, 0.15) is 16.8 Å². The minimum Gasteiger partial charge on any atom is -0.287 e. The molecule has 3 aromatic rings. The van der Waals surface area contributed by atoms with E-state index in [1.165, 1.54) is 28.9 Å². The van der Waals surface area contributed by atoms with Gasteiger partial charge in [0.15, 0.2) is 9.84 Å². The predicted molar refractivity (Wildman–Crippen MR) is 135 cm³/mol. The summed E-state index contributed by atoms with van der Waals surface area (Å²) < 4.78 is 55.2. The van der Waals surface area contributed by atoms with E-state index >= 15 is 0 Å². The normalized spacial score (nSPS) is 13.1. The van der Waals surface area contributed by atoms with E-state index in [2.05, 4.69) is 13.2 Å². The summed E-state index contributed by atoms with van der Waals surface area (Å²) in [7, 11) is -7.89. The van der Waals surface area contributed by atoms with Crippen molar-refractivity contribution in [1.82, 2.24) is 8.87 Å². The van der Waals surface area contributed by atoms with Crippen LogP contribution >= 0.6 is 0 Å². The molecule has 9 heteroatoms. The Kier molecular flexibility index (Phi) is 7.91. The van der Waals surface area contributed by atoms with Crippen molar-refractivity contribution in [2.24, 2.45) is 0 Å². The van der Waals surface area contributed by atoms with Crippen LogP contribution in [0, 0.1) is 6.92 Å². The second kappa shape index (κ2) is 10.5. The molecular weight excluding hydrogens is 472 g/mol. The molecule has 0 saturated carbocycles. The third-order valence-corrected chi connectivity index (χ3v) is 9.40. The van der Waals surface area contributed by atoms with Gasteiger partial charge in [-0.25, -0.2) is 16.8 Å². The molecule has 0 saturated heterocycles. The van der Waals surface area contributed by atoms with Crippen LogP contribution in [0.3, 0.4) is 0 Å². The fourth-order valence-electron chi connectivity index (χ4n) is 3.70. The van der Waals surface area contributed by atoms with E-state index in [0.29, 0.717) is 5.52 Å². The number of aryl methyl sites for hydroxylation is 1. The number of carbonyl (C=O) groups is 1. The molecule has 3 rings (SSSR count). The van der Waals surface area contributed by atoms with Crippen LogP contribution in [0.2, 0.25) is 0 Å². The highest BCUT2D eigenvalue weighted by Gasteiger charge is 2.34. The standard InChI is InChI=1S/C25H28N2O5S2/c1-4-15-26(34(31,32)22-12-10-20(3)11-13-22)19-23(33(29,30)17-5-2)18-25(28)27-16-14-21-8-6-7-9-24(21)27/h4-14,16,23H,1-2,15,17-19H2,3H3. The molecule has 1 aromatic heterocycles. The fraction of sp³-hybridized carbons (Fsp3) is 0.240. The molecule has 0 fully saturated rings.